The molecule has 0 atom stereocenters. The Morgan fingerprint density at radius 3 is 2.26 bits per heavy atom. The molecule has 0 saturated carbocycles. The molecule has 2 N–H and O–H groups in total. The smallest absolute Gasteiger partial charge is 0.316 e. The number of thioether (sulfide) groups is 2. The van der Waals surface area contributed by atoms with Gasteiger partial charge in [0, 0.05) is 24.8 Å². The third kappa shape index (κ3) is 5.78. The van der Waals surface area contributed by atoms with Gasteiger partial charge in [-0.3, -0.25) is 5.10 Å². The first-order valence-electron chi connectivity index (χ1n) is 10.7. The molecule has 0 unspecified atom stereocenters. The average molecular weight is 491 g/mol. The second kappa shape index (κ2) is 11.2. The van der Waals surface area contributed by atoms with E-state index in [4.69, 9.17) is 0 Å². The number of hydrogen-bond donors (Lipinski definition) is 2. The van der Waals surface area contributed by atoms with Gasteiger partial charge >= 0.3 is 6.03 Å². The predicted octanol–water partition coefficient (Wildman–Crippen LogP) is 5.85. The van der Waals surface area contributed by atoms with Crippen molar-refractivity contribution in [1.29, 1.82) is 0 Å². The Hall–Kier alpha value is -3.30. The molecule has 0 spiro atoms. The summed E-state index contributed by atoms with van der Waals surface area (Å²) in [7, 11) is 0. The lowest BCUT2D eigenvalue weighted by Gasteiger charge is -2.24. The molecule has 0 saturated heterocycles. The van der Waals surface area contributed by atoms with E-state index in [1.807, 2.05) is 74.0 Å². The lowest BCUT2D eigenvalue weighted by Crippen LogP contribution is -2.34. The van der Waals surface area contributed by atoms with Crippen LogP contribution in [-0.4, -0.2) is 43.6 Å². The third-order valence-electron chi connectivity index (χ3n) is 5.17. The van der Waals surface area contributed by atoms with E-state index >= 15 is 0 Å². The molecule has 2 aromatic heterocycles. The molecule has 0 aliphatic rings. The van der Waals surface area contributed by atoms with Crippen molar-refractivity contribution < 1.29 is 4.79 Å². The number of urea groups is 1. The van der Waals surface area contributed by atoms with Gasteiger partial charge in [0.2, 0.25) is 0 Å². The van der Waals surface area contributed by atoms with Crippen LogP contribution in [0.5, 0.6) is 0 Å². The van der Waals surface area contributed by atoms with Crippen molar-refractivity contribution in [2.45, 2.75) is 30.1 Å². The molecule has 0 fully saturated rings. The first-order valence-corrected chi connectivity index (χ1v) is 13.2. The molecule has 0 aliphatic heterocycles. The zero-order valence-corrected chi connectivity index (χ0v) is 20.9. The summed E-state index contributed by atoms with van der Waals surface area (Å²) in [5.74, 6) is 0.683. The maximum atomic E-state index is 13.6. The third-order valence-corrected chi connectivity index (χ3v) is 6.54. The number of aromatic nitrogens is 4. The summed E-state index contributed by atoms with van der Waals surface area (Å²) in [6.45, 7) is 2.77. The fourth-order valence-corrected chi connectivity index (χ4v) is 4.80. The summed E-state index contributed by atoms with van der Waals surface area (Å²) >= 11 is 2.99. The number of nitrogens with one attached hydrogen (secondary N) is 2. The van der Waals surface area contributed by atoms with Crippen molar-refractivity contribution in [1.82, 2.24) is 25.1 Å². The zero-order valence-electron chi connectivity index (χ0n) is 19.3. The molecular formula is C25H26N6OS2. The number of carbonyl (C=O) groups excluding carboxylic acids is 1. The van der Waals surface area contributed by atoms with Gasteiger partial charge in [0.05, 0.1) is 5.69 Å². The standard InChI is InChI=1S/C25H26N6OS2/c1-17-27-23(33-2)22(24(28-17)34-3)29-25(32)31(15-18-8-5-4-6-9-18)16-19-10-7-11-20(14-19)21-12-13-26-30-21/h4-14H,15-16H2,1-3H3,(H,26,30)(H,29,32). The van der Waals surface area contributed by atoms with Crippen LogP contribution in [0.3, 0.4) is 0 Å². The van der Waals surface area contributed by atoms with E-state index < -0.39 is 0 Å². The van der Waals surface area contributed by atoms with Gasteiger partial charge in [-0.2, -0.15) is 5.10 Å². The predicted molar refractivity (Wildman–Crippen MR) is 139 cm³/mol. The monoisotopic (exact) mass is 490 g/mol. The Balaban J connectivity index is 1.63. The Bertz CT molecular complexity index is 1220. The first kappa shape index (κ1) is 23.8. The van der Waals surface area contributed by atoms with Crippen molar-refractivity contribution >= 4 is 35.2 Å². The number of amides is 2. The normalized spacial score (nSPS) is 10.8. The number of aryl methyl sites for hydroxylation is 1. The van der Waals surface area contributed by atoms with E-state index in [0.29, 0.717) is 24.6 Å². The zero-order chi connectivity index (χ0) is 23.9. The van der Waals surface area contributed by atoms with Crippen LogP contribution in [0.1, 0.15) is 17.0 Å². The fourth-order valence-electron chi connectivity index (χ4n) is 3.58. The number of aromatic amines is 1. The van der Waals surface area contributed by atoms with Gasteiger partial charge in [-0.15, -0.1) is 23.5 Å². The topological polar surface area (TPSA) is 86.8 Å². The van der Waals surface area contributed by atoms with Gasteiger partial charge in [0.1, 0.15) is 21.6 Å². The van der Waals surface area contributed by atoms with Gasteiger partial charge in [-0.1, -0.05) is 48.5 Å². The molecule has 2 aromatic carbocycles. The molecule has 9 heteroatoms. The first-order chi connectivity index (χ1) is 16.6. The van der Waals surface area contributed by atoms with E-state index in [0.717, 1.165) is 32.4 Å². The van der Waals surface area contributed by atoms with Gasteiger partial charge in [-0.05, 0) is 42.7 Å². The molecular weight excluding hydrogens is 464 g/mol. The lowest BCUT2D eigenvalue weighted by atomic mass is 10.1. The number of benzene rings is 2. The number of H-pyrrole nitrogens is 1. The van der Waals surface area contributed by atoms with E-state index in [1.165, 1.54) is 23.5 Å². The Labute approximate surface area is 207 Å². The van der Waals surface area contributed by atoms with E-state index in [1.54, 1.807) is 11.1 Å². The largest absolute Gasteiger partial charge is 0.322 e. The van der Waals surface area contributed by atoms with Crippen LogP contribution < -0.4 is 5.32 Å². The van der Waals surface area contributed by atoms with Crippen LogP contribution in [-0.2, 0) is 13.1 Å². The molecule has 7 nitrogen and oxygen atoms in total. The molecule has 0 aliphatic carbocycles. The summed E-state index contributed by atoms with van der Waals surface area (Å²) < 4.78 is 0. The minimum absolute atomic E-state index is 0.202. The summed E-state index contributed by atoms with van der Waals surface area (Å²) in [6, 6.07) is 19.8. The van der Waals surface area contributed by atoms with Gasteiger partial charge in [-0.25, -0.2) is 14.8 Å². The molecule has 34 heavy (non-hydrogen) atoms. The quantitative estimate of drug-likeness (QED) is 0.238. The summed E-state index contributed by atoms with van der Waals surface area (Å²) in [6.07, 6.45) is 5.70. The molecule has 0 radical (unpaired) electrons. The molecule has 2 amide bonds. The summed E-state index contributed by atoms with van der Waals surface area (Å²) in [5, 5.41) is 11.7. The minimum atomic E-state index is -0.202. The highest BCUT2D eigenvalue weighted by molar-refractivity contribution is 7.99. The highest BCUT2D eigenvalue weighted by Crippen LogP contribution is 2.32. The maximum Gasteiger partial charge on any atom is 0.322 e. The number of nitrogens with zero attached hydrogens (tertiary/aromatic N) is 4. The molecule has 4 aromatic rings. The van der Waals surface area contributed by atoms with E-state index in [9.17, 15) is 4.79 Å². The van der Waals surface area contributed by atoms with Crippen molar-refractivity contribution in [2.75, 3.05) is 17.8 Å². The second-order valence-electron chi connectivity index (χ2n) is 7.60. The average Bonchev–Trinajstić information content (AvgIpc) is 3.40. The molecule has 174 valence electrons. The van der Waals surface area contributed by atoms with Gasteiger partial charge < -0.3 is 10.2 Å². The molecule has 2 heterocycles. The van der Waals surface area contributed by atoms with Crippen LogP contribution in [0.15, 0.2) is 76.9 Å². The molecule has 4 rings (SSSR count). The van der Waals surface area contributed by atoms with E-state index in [2.05, 4.69) is 31.5 Å². The highest BCUT2D eigenvalue weighted by atomic mass is 32.2. The van der Waals surface area contributed by atoms with Crippen molar-refractivity contribution in [2.24, 2.45) is 0 Å². The number of anilines is 1. The fraction of sp³-hybridized carbons (Fsp3) is 0.200. The van der Waals surface area contributed by atoms with Crippen LogP contribution >= 0.6 is 23.5 Å². The van der Waals surface area contributed by atoms with Gasteiger partial charge in [0.15, 0.2) is 0 Å². The SMILES string of the molecule is CSc1nc(C)nc(SC)c1NC(=O)N(Cc1ccccc1)Cc1cccc(-c2cc[nH]n2)c1. The number of rotatable bonds is 8. The lowest BCUT2D eigenvalue weighted by molar-refractivity contribution is 0.206. The van der Waals surface area contributed by atoms with E-state index in [-0.39, 0.29) is 6.03 Å². The number of carbonyl (C=O) groups is 1. The van der Waals surface area contributed by atoms with Gasteiger partial charge in [0.25, 0.3) is 0 Å². The van der Waals surface area contributed by atoms with Crippen LogP contribution in [0.25, 0.3) is 11.3 Å². The summed E-state index contributed by atoms with van der Waals surface area (Å²) in [5.41, 5.74) is 4.59. The number of hydrogen-bond acceptors (Lipinski definition) is 6. The van der Waals surface area contributed by atoms with Crippen molar-refractivity contribution in [3.05, 3.63) is 83.8 Å². The molecule has 0 bridgehead atoms. The van der Waals surface area contributed by atoms with Crippen LogP contribution in [0.2, 0.25) is 0 Å². The van der Waals surface area contributed by atoms with Crippen molar-refractivity contribution in [3.63, 3.8) is 0 Å². The Morgan fingerprint density at radius 2 is 1.62 bits per heavy atom. The Morgan fingerprint density at radius 1 is 0.941 bits per heavy atom. The summed E-state index contributed by atoms with van der Waals surface area (Å²) in [4.78, 5) is 24.4. The maximum absolute atomic E-state index is 13.6. The highest BCUT2D eigenvalue weighted by Gasteiger charge is 2.20. The second-order valence-corrected chi connectivity index (χ2v) is 9.19. The Kier molecular flexibility index (Phi) is 7.87. The van der Waals surface area contributed by atoms with Crippen molar-refractivity contribution in [3.8, 4) is 11.3 Å². The minimum Gasteiger partial charge on any atom is -0.316 e. The van der Waals surface area contributed by atoms with Crippen LogP contribution in [0, 0.1) is 6.92 Å². The van der Waals surface area contributed by atoms with Crippen LogP contribution in [0.4, 0.5) is 10.5 Å².